The molecule has 0 bridgehead atoms. The van der Waals surface area contributed by atoms with E-state index in [-0.39, 0.29) is 17.3 Å². The quantitative estimate of drug-likeness (QED) is 0.632. The van der Waals surface area contributed by atoms with Crippen molar-refractivity contribution in [2.45, 2.75) is 32.6 Å². The number of benzene rings is 1. The number of quaternary nitrogens is 1. The minimum atomic E-state index is -0.487. The summed E-state index contributed by atoms with van der Waals surface area (Å²) in [5.41, 5.74) is 1.12. The maximum Gasteiger partial charge on any atom is 0.311 e. The normalized spacial score (nSPS) is 15.7. The summed E-state index contributed by atoms with van der Waals surface area (Å²) in [5, 5.41) is 13.9. The summed E-state index contributed by atoms with van der Waals surface area (Å²) in [6.07, 6.45) is 4.80. The molecule has 2 rings (SSSR count). The summed E-state index contributed by atoms with van der Waals surface area (Å²) in [4.78, 5) is 24.1. The number of nitrogens with one attached hydrogen (secondary N) is 2. The first kappa shape index (κ1) is 17.2. The van der Waals surface area contributed by atoms with Crippen LogP contribution in [-0.4, -0.2) is 37.6 Å². The van der Waals surface area contributed by atoms with Gasteiger partial charge in [0, 0.05) is 17.8 Å². The molecule has 1 fully saturated rings. The van der Waals surface area contributed by atoms with E-state index in [0.717, 1.165) is 25.9 Å². The second-order valence-corrected chi connectivity index (χ2v) is 5.99. The zero-order valence-corrected chi connectivity index (χ0v) is 13.7. The van der Waals surface area contributed by atoms with Crippen molar-refractivity contribution in [1.82, 2.24) is 0 Å². The molecule has 0 saturated carbocycles. The van der Waals surface area contributed by atoms with Crippen molar-refractivity contribution in [3.63, 3.8) is 0 Å². The van der Waals surface area contributed by atoms with E-state index in [2.05, 4.69) is 5.32 Å². The monoisotopic (exact) mass is 322 g/mol. The van der Waals surface area contributed by atoms with Gasteiger partial charge in [-0.1, -0.05) is 0 Å². The molecule has 0 aliphatic carbocycles. The number of carbonyl (C=O) groups excluding carboxylic acids is 1. The molecular formula is C16H24N3O4+. The molecule has 1 heterocycles. The van der Waals surface area contributed by atoms with E-state index in [4.69, 9.17) is 4.74 Å². The van der Waals surface area contributed by atoms with Crippen LogP contribution in [0.1, 0.15) is 31.2 Å². The number of nitro benzene ring substituents is 1. The maximum absolute atomic E-state index is 12.3. The van der Waals surface area contributed by atoms with Crippen LogP contribution in [-0.2, 0) is 4.79 Å². The molecule has 1 amide bonds. The number of methoxy groups -OCH3 is 1. The predicted molar refractivity (Wildman–Crippen MR) is 87.0 cm³/mol. The lowest BCUT2D eigenvalue weighted by Crippen LogP contribution is -3.12. The molecule has 1 saturated heterocycles. The Labute approximate surface area is 135 Å². The van der Waals surface area contributed by atoms with Crippen molar-refractivity contribution in [2.75, 3.05) is 32.1 Å². The van der Waals surface area contributed by atoms with Crippen LogP contribution in [0, 0.1) is 17.0 Å². The van der Waals surface area contributed by atoms with Gasteiger partial charge in [-0.15, -0.1) is 0 Å². The summed E-state index contributed by atoms with van der Waals surface area (Å²) in [6, 6.07) is 2.94. The Morgan fingerprint density at radius 1 is 1.30 bits per heavy atom. The third kappa shape index (κ3) is 4.66. The number of carbonyl (C=O) groups is 1. The number of rotatable bonds is 5. The highest BCUT2D eigenvalue weighted by Crippen LogP contribution is 2.32. The Bertz CT molecular complexity index is 581. The minimum Gasteiger partial charge on any atom is -0.490 e. The first-order valence-electron chi connectivity index (χ1n) is 7.97. The van der Waals surface area contributed by atoms with E-state index < -0.39 is 4.92 Å². The van der Waals surface area contributed by atoms with Crippen molar-refractivity contribution >= 4 is 17.3 Å². The van der Waals surface area contributed by atoms with Crippen LogP contribution in [0.5, 0.6) is 5.75 Å². The second kappa shape index (κ2) is 7.92. The maximum atomic E-state index is 12.3. The Morgan fingerprint density at radius 2 is 1.96 bits per heavy atom. The van der Waals surface area contributed by atoms with Gasteiger partial charge in [-0.3, -0.25) is 14.9 Å². The van der Waals surface area contributed by atoms with Gasteiger partial charge < -0.3 is 15.0 Å². The molecule has 0 aromatic heterocycles. The molecular weight excluding hydrogens is 298 g/mol. The molecule has 7 nitrogen and oxygen atoms in total. The van der Waals surface area contributed by atoms with Crippen LogP contribution in [0.2, 0.25) is 0 Å². The summed E-state index contributed by atoms with van der Waals surface area (Å²) in [7, 11) is 1.38. The first-order valence-corrected chi connectivity index (χ1v) is 7.97. The average Bonchev–Trinajstić information content (AvgIpc) is 2.77. The number of nitrogens with zero attached hydrogens (tertiary/aromatic N) is 1. The van der Waals surface area contributed by atoms with Gasteiger partial charge in [-0.05, 0) is 38.2 Å². The molecule has 0 spiro atoms. The zero-order valence-electron chi connectivity index (χ0n) is 13.7. The fraction of sp³-hybridized carbons (Fsp3) is 0.562. The van der Waals surface area contributed by atoms with E-state index in [1.807, 2.05) is 0 Å². The van der Waals surface area contributed by atoms with E-state index in [1.165, 1.54) is 37.0 Å². The molecule has 2 N–H and O–H groups in total. The largest absolute Gasteiger partial charge is 0.490 e. The molecule has 0 unspecified atom stereocenters. The predicted octanol–water partition coefficient (Wildman–Crippen LogP) is 1.31. The fourth-order valence-electron chi connectivity index (χ4n) is 2.94. The smallest absolute Gasteiger partial charge is 0.311 e. The minimum absolute atomic E-state index is 0.0686. The average molecular weight is 322 g/mol. The van der Waals surface area contributed by atoms with Gasteiger partial charge in [0.2, 0.25) is 0 Å². The Balaban J connectivity index is 2.06. The van der Waals surface area contributed by atoms with Gasteiger partial charge in [0.15, 0.2) is 12.3 Å². The molecule has 1 aromatic carbocycles. The third-order valence-electron chi connectivity index (χ3n) is 4.22. The van der Waals surface area contributed by atoms with E-state index in [1.54, 1.807) is 6.92 Å². The molecule has 1 aliphatic heterocycles. The van der Waals surface area contributed by atoms with Crippen molar-refractivity contribution in [1.29, 1.82) is 0 Å². The zero-order chi connectivity index (χ0) is 16.8. The van der Waals surface area contributed by atoms with Crippen molar-refractivity contribution < 1.29 is 19.4 Å². The van der Waals surface area contributed by atoms with Gasteiger partial charge in [-0.25, -0.2) is 0 Å². The lowest BCUT2D eigenvalue weighted by Gasteiger charge is -2.17. The molecule has 1 aliphatic rings. The number of amides is 1. The number of likely N-dealkylation sites (tertiary alicyclic amines) is 1. The Kier molecular flexibility index (Phi) is 5.92. The molecule has 126 valence electrons. The van der Waals surface area contributed by atoms with Gasteiger partial charge in [-0.2, -0.15) is 0 Å². The first-order chi connectivity index (χ1) is 11.0. The van der Waals surface area contributed by atoms with E-state index in [9.17, 15) is 14.9 Å². The molecule has 7 heteroatoms. The third-order valence-corrected chi connectivity index (χ3v) is 4.22. The van der Waals surface area contributed by atoms with Crippen LogP contribution in [0.15, 0.2) is 12.1 Å². The number of anilines is 1. The van der Waals surface area contributed by atoms with E-state index in [0.29, 0.717) is 17.8 Å². The Hall–Kier alpha value is -2.15. The number of hydrogen-bond acceptors (Lipinski definition) is 4. The van der Waals surface area contributed by atoms with E-state index >= 15 is 0 Å². The summed E-state index contributed by atoms with van der Waals surface area (Å²) >= 11 is 0. The topological polar surface area (TPSA) is 85.9 Å². The van der Waals surface area contributed by atoms with Crippen LogP contribution < -0.4 is 15.0 Å². The Morgan fingerprint density at radius 3 is 2.52 bits per heavy atom. The van der Waals surface area contributed by atoms with Crippen LogP contribution in [0.3, 0.4) is 0 Å². The number of aryl methyl sites for hydroxylation is 1. The summed E-state index contributed by atoms with van der Waals surface area (Å²) < 4.78 is 5.05. The highest BCUT2D eigenvalue weighted by atomic mass is 16.6. The molecule has 0 radical (unpaired) electrons. The molecule has 1 aromatic rings. The summed E-state index contributed by atoms with van der Waals surface area (Å²) in [6.45, 7) is 4.21. The van der Waals surface area contributed by atoms with Crippen molar-refractivity contribution in [2.24, 2.45) is 0 Å². The SMILES string of the molecule is COc1cc(NC(=O)C[NH+]2CCCCCC2)c(C)cc1[N+](=O)[O-]. The molecule has 23 heavy (non-hydrogen) atoms. The molecule has 0 atom stereocenters. The standard InChI is InChI=1S/C16H23N3O4/c1-12-9-14(19(21)22)15(23-2)10-13(12)17-16(20)11-18-7-5-3-4-6-8-18/h9-10H,3-8,11H2,1-2H3,(H,17,20)/p+1. The number of nitro groups is 1. The van der Waals surface area contributed by atoms with Gasteiger partial charge in [0.25, 0.3) is 5.91 Å². The van der Waals surface area contributed by atoms with Gasteiger partial charge in [0.05, 0.1) is 25.1 Å². The lowest BCUT2D eigenvalue weighted by atomic mass is 10.1. The van der Waals surface area contributed by atoms with Crippen molar-refractivity contribution in [3.8, 4) is 5.75 Å². The number of ether oxygens (including phenoxy) is 1. The second-order valence-electron chi connectivity index (χ2n) is 5.99. The highest BCUT2D eigenvalue weighted by molar-refractivity contribution is 5.92. The van der Waals surface area contributed by atoms with Crippen LogP contribution in [0.25, 0.3) is 0 Å². The van der Waals surface area contributed by atoms with Crippen molar-refractivity contribution in [3.05, 3.63) is 27.8 Å². The van der Waals surface area contributed by atoms with Gasteiger partial charge in [0.1, 0.15) is 0 Å². The van der Waals surface area contributed by atoms with Crippen LogP contribution in [0.4, 0.5) is 11.4 Å². The fourth-order valence-corrected chi connectivity index (χ4v) is 2.94. The van der Waals surface area contributed by atoms with Crippen LogP contribution >= 0.6 is 0 Å². The number of hydrogen-bond donors (Lipinski definition) is 2. The summed E-state index contributed by atoms with van der Waals surface area (Å²) in [5.74, 6) is 0.0823. The van der Waals surface area contributed by atoms with Gasteiger partial charge >= 0.3 is 5.69 Å². The lowest BCUT2D eigenvalue weighted by molar-refractivity contribution is -0.890. The highest BCUT2D eigenvalue weighted by Gasteiger charge is 2.20.